The van der Waals surface area contributed by atoms with Crippen LogP contribution in [0.1, 0.15) is 5.56 Å². The molecule has 12 heteroatoms. The summed E-state index contributed by atoms with van der Waals surface area (Å²) in [5.41, 5.74) is 3.65. The van der Waals surface area contributed by atoms with E-state index in [1.165, 1.54) is 18.5 Å². The Morgan fingerprint density at radius 2 is 1.90 bits per heavy atom. The van der Waals surface area contributed by atoms with Crippen molar-refractivity contribution in [3.63, 3.8) is 0 Å². The first kappa shape index (κ1) is 25.2. The highest BCUT2D eigenvalue weighted by Gasteiger charge is 2.21. The fourth-order valence-electron chi connectivity index (χ4n) is 4.69. The number of benzene rings is 2. The lowest BCUT2D eigenvalue weighted by molar-refractivity contribution is -0.126. The Morgan fingerprint density at radius 1 is 1.07 bits per heavy atom. The number of hydrogen-bond acceptors (Lipinski definition) is 9. The maximum absolute atomic E-state index is 15.3. The summed E-state index contributed by atoms with van der Waals surface area (Å²) in [5.74, 6) is 1.44. The smallest absolute Gasteiger partial charge is 0.246 e. The van der Waals surface area contributed by atoms with E-state index in [0.29, 0.717) is 60.0 Å². The number of rotatable bonds is 6. The lowest BCUT2D eigenvalue weighted by atomic mass is 10.2. The Morgan fingerprint density at radius 3 is 2.70 bits per heavy atom. The predicted molar refractivity (Wildman–Crippen MR) is 149 cm³/mol. The molecule has 40 heavy (non-hydrogen) atoms. The number of carbonyl (C=O) groups is 1. The number of anilines is 3. The molecule has 1 aliphatic rings. The molecule has 6 rings (SSSR count). The largest absolute Gasteiger partial charge is 0.457 e. The summed E-state index contributed by atoms with van der Waals surface area (Å²) in [7, 11) is 1.81. The molecule has 2 aromatic carbocycles. The minimum absolute atomic E-state index is 0.0775. The van der Waals surface area contributed by atoms with Gasteiger partial charge in [-0.1, -0.05) is 11.8 Å². The number of piperazine rings is 1. The van der Waals surface area contributed by atoms with Crippen molar-refractivity contribution in [1.82, 2.24) is 34.8 Å². The predicted octanol–water partition coefficient (Wildman–Crippen LogP) is 4.12. The van der Waals surface area contributed by atoms with Crippen LogP contribution in [-0.4, -0.2) is 66.9 Å². The number of halogens is 1. The zero-order chi connectivity index (χ0) is 27.8. The highest BCUT2D eigenvalue weighted by molar-refractivity contribution is 5.89. The number of amides is 1. The molecule has 1 amide bonds. The summed E-state index contributed by atoms with van der Waals surface area (Å²) in [6.45, 7) is 7.82. The highest BCUT2D eigenvalue weighted by Crippen LogP contribution is 2.33. The van der Waals surface area contributed by atoms with Crippen molar-refractivity contribution in [3.8, 4) is 11.5 Å². The van der Waals surface area contributed by atoms with Gasteiger partial charge in [-0.25, -0.2) is 24.0 Å². The van der Waals surface area contributed by atoms with E-state index in [-0.39, 0.29) is 11.6 Å². The van der Waals surface area contributed by atoms with Crippen LogP contribution in [0.3, 0.4) is 0 Å². The normalized spacial score (nSPS) is 13.6. The third-order valence-corrected chi connectivity index (χ3v) is 6.88. The van der Waals surface area contributed by atoms with Crippen LogP contribution in [0.25, 0.3) is 22.1 Å². The Kier molecular flexibility index (Phi) is 6.42. The van der Waals surface area contributed by atoms with E-state index >= 15 is 4.39 Å². The molecule has 11 nitrogen and oxygen atoms in total. The summed E-state index contributed by atoms with van der Waals surface area (Å²) in [6.07, 6.45) is 2.74. The second-order valence-electron chi connectivity index (χ2n) is 9.46. The van der Waals surface area contributed by atoms with Crippen LogP contribution in [0.15, 0.2) is 61.4 Å². The molecular weight excluding hydrogens is 513 g/mol. The molecule has 0 aliphatic carbocycles. The second-order valence-corrected chi connectivity index (χ2v) is 9.46. The molecule has 1 fully saturated rings. The van der Waals surface area contributed by atoms with Gasteiger partial charge in [0.1, 0.15) is 40.5 Å². The topological polar surface area (TPSA) is 114 Å². The van der Waals surface area contributed by atoms with Crippen molar-refractivity contribution in [1.29, 1.82) is 0 Å². The molecule has 0 spiro atoms. The van der Waals surface area contributed by atoms with Gasteiger partial charge in [-0.2, -0.15) is 0 Å². The van der Waals surface area contributed by atoms with Crippen molar-refractivity contribution in [2.24, 2.45) is 7.05 Å². The second kappa shape index (κ2) is 10.2. The van der Waals surface area contributed by atoms with Gasteiger partial charge >= 0.3 is 0 Å². The average molecular weight is 540 g/mol. The number of fused-ring (bicyclic) bond motifs is 2. The maximum atomic E-state index is 15.3. The molecule has 3 aromatic heterocycles. The van der Waals surface area contributed by atoms with Gasteiger partial charge in [-0.3, -0.25) is 4.79 Å². The van der Waals surface area contributed by atoms with Gasteiger partial charge in [-0.15, -0.1) is 5.10 Å². The van der Waals surface area contributed by atoms with Crippen molar-refractivity contribution in [2.45, 2.75) is 6.92 Å². The first-order chi connectivity index (χ1) is 19.4. The van der Waals surface area contributed by atoms with E-state index in [9.17, 15) is 4.79 Å². The fraction of sp³-hybridized carbons (Fsp3) is 0.214. The first-order valence-electron chi connectivity index (χ1n) is 12.7. The Balaban J connectivity index is 1.24. The van der Waals surface area contributed by atoms with Crippen LogP contribution in [0.2, 0.25) is 0 Å². The Hall–Kier alpha value is -5.13. The monoisotopic (exact) mass is 539 g/mol. The molecule has 0 bridgehead atoms. The SMILES string of the molecule is C=CC(=O)N1CCN(c2ccc3ncnc(Nc4cc(C)c(Oc5ccc6c(c5)nnn6C)cc4F)c3n2)CC1. The van der Waals surface area contributed by atoms with Gasteiger partial charge < -0.3 is 19.9 Å². The lowest BCUT2D eigenvalue weighted by Gasteiger charge is -2.35. The molecule has 0 saturated carbocycles. The quantitative estimate of drug-likeness (QED) is 0.318. The third-order valence-electron chi connectivity index (χ3n) is 6.88. The van der Waals surface area contributed by atoms with Crippen LogP contribution >= 0.6 is 0 Å². The zero-order valence-electron chi connectivity index (χ0n) is 22.0. The number of nitrogens with zero attached hydrogens (tertiary/aromatic N) is 8. The molecule has 1 N–H and O–H groups in total. The average Bonchev–Trinajstić information content (AvgIpc) is 3.35. The standard InChI is InChI=1S/C28H26FN9O2/c1-4-26(39)38-11-9-37(10-12-38)25-8-6-20-27(33-25)28(31-16-30-20)32-21-13-17(2)24(15-19(21)29)40-18-5-7-23-22(14-18)34-35-36(23)3/h4-8,13-16H,1,9-12H2,2-3H3,(H,30,31,32). The van der Waals surface area contributed by atoms with Crippen LogP contribution < -0.4 is 15.0 Å². The van der Waals surface area contributed by atoms with Crippen LogP contribution in [0.4, 0.5) is 21.7 Å². The van der Waals surface area contributed by atoms with Gasteiger partial charge in [0.25, 0.3) is 0 Å². The van der Waals surface area contributed by atoms with E-state index in [1.807, 2.05) is 32.2 Å². The summed E-state index contributed by atoms with van der Waals surface area (Å²) in [4.78, 5) is 29.2. The molecule has 4 heterocycles. The summed E-state index contributed by atoms with van der Waals surface area (Å²) in [5, 5.41) is 11.2. The van der Waals surface area contributed by atoms with Gasteiger partial charge in [0.05, 0.1) is 16.7 Å². The van der Waals surface area contributed by atoms with Crippen molar-refractivity contribution in [2.75, 3.05) is 36.4 Å². The van der Waals surface area contributed by atoms with E-state index < -0.39 is 5.82 Å². The molecule has 1 saturated heterocycles. The Bertz CT molecular complexity index is 1760. The molecule has 202 valence electrons. The van der Waals surface area contributed by atoms with E-state index in [4.69, 9.17) is 9.72 Å². The van der Waals surface area contributed by atoms with Crippen molar-refractivity contribution in [3.05, 3.63) is 72.8 Å². The number of carbonyl (C=O) groups excluding carboxylic acids is 1. The van der Waals surface area contributed by atoms with E-state index in [0.717, 1.165) is 16.9 Å². The van der Waals surface area contributed by atoms with E-state index in [2.05, 4.69) is 37.1 Å². The Labute approximate surface area is 228 Å². The highest BCUT2D eigenvalue weighted by atomic mass is 19.1. The van der Waals surface area contributed by atoms with Gasteiger partial charge in [0, 0.05) is 45.4 Å². The van der Waals surface area contributed by atoms with Gasteiger partial charge in [0.15, 0.2) is 5.82 Å². The molecule has 0 radical (unpaired) electrons. The number of hydrogen-bond donors (Lipinski definition) is 1. The lowest BCUT2D eigenvalue weighted by Crippen LogP contribution is -2.48. The minimum atomic E-state index is -0.507. The molecular formula is C28H26FN9O2. The van der Waals surface area contributed by atoms with Crippen molar-refractivity contribution >= 4 is 45.3 Å². The summed E-state index contributed by atoms with van der Waals surface area (Å²) >= 11 is 0. The van der Waals surface area contributed by atoms with Crippen LogP contribution in [-0.2, 0) is 11.8 Å². The molecule has 0 unspecified atom stereocenters. The number of aryl methyl sites for hydroxylation is 2. The maximum Gasteiger partial charge on any atom is 0.246 e. The number of aromatic nitrogens is 6. The van der Waals surface area contributed by atoms with Gasteiger partial charge in [0.2, 0.25) is 5.91 Å². The minimum Gasteiger partial charge on any atom is -0.457 e. The third kappa shape index (κ3) is 4.75. The number of pyridine rings is 1. The molecule has 1 aliphatic heterocycles. The van der Waals surface area contributed by atoms with Crippen LogP contribution in [0.5, 0.6) is 11.5 Å². The first-order valence-corrected chi connectivity index (χ1v) is 12.7. The number of ether oxygens (including phenoxy) is 1. The fourth-order valence-corrected chi connectivity index (χ4v) is 4.69. The van der Waals surface area contributed by atoms with E-state index in [1.54, 1.807) is 27.8 Å². The molecule has 5 aromatic rings. The zero-order valence-corrected chi connectivity index (χ0v) is 22.0. The van der Waals surface area contributed by atoms with Crippen LogP contribution in [0, 0.1) is 12.7 Å². The summed E-state index contributed by atoms with van der Waals surface area (Å²) in [6, 6.07) is 12.2. The van der Waals surface area contributed by atoms with Gasteiger partial charge in [-0.05, 0) is 48.9 Å². The number of nitrogens with one attached hydrogen (secondary N) is 1. The van der Waals surface area contributed by atoms with Crippen molar-refractivity contribution < 1.29 is 13.9 Å². The summed E-state index contributed by atoms with van der Waals surface area (Å²) < 4.78 is 22.9. The molecule has 0 atom stereocenters.